The van der Waals surface area contributed by atoms with Crippen LogP contribution in [-0.2, 0) is 0 Å². The molecule has 0 saturated carbocycles. The van der Waals surface area contributed by atoms with Crippen molar-refractivity contribution in [1.82, 2.24) is 0 Å². The minimum atomic E-state index is -0.279. The van der Waals surface area contributed by atoms with Crippen LogP contribution in [0.3, 0.4) is 0 Å². The van der Waals surface area contributed by atoms with E-state index in [9.17, 15) is 9.50 Å². The second-order valence-corrected chi connectivity index (χ2v) is 4.19. The molecule has 0 fully saturated rings. The van der Waals surface area contributed by atoms with Gasteiger partial charge in [0.1, 0.15) is 11.6 Å². The summed E-state index contributed by atoms with van der Waals surface area (Å²) in [5, 5.41) is 12.1. The molecule has 0 radical (unpaired) electrons. The van der Waals surface area contributed by atoms with E-state index in [-0.39, 0.29) is 11.6 Å². The monoisotopic (exact) mass is 238 g/mol. The zero-order valence-corrected chi connectivity index (χ0v) is 9.60. The van der Waals surface area contributed by atoms with Gasteiger partial charge in [0.15, 0.2) is 0 Å². The SMILES string of the molecule is Oc1ccc2ccccc2c1-c1ccc(F)cc1. The molecular weight excluding hydrogens is 227 g/mol. The van der Waals surface area contributed by atoms with Crippen molar-refractivity contribution in [3.8, 4) is 16.9 Å². The van der Waals surface area contributed by atoms with Gasteiger partial charge in [-0.1, -0.05) is 42.5 Å². The number of benzene rings is 3. The minimum Gasteiger partial charge on any atom is -0.507 e. The molecule has 0 aliphatic heterocycles. The van der Waals surface area contributed by atoms with Crippen molar-refractivity contribution in [3.05, 3.63) is 66.5 Å². The average Bonchev–Trinajstić information content (AvgIpc) is 2.40. The van der Waals surface area contributed by atoms with Gasteiger partial charge in [0.25, 0.3) is 0 Å². The molecular formula is C16H11FO. The van der Waals surface area contributed by atoms with Gasteiger partial charge >= 0.3 is 0 Å². The number of rotatable bonds is 1. The van der Waals surface area contributed by atoms with Crippen LogP contribution in [0, 0.1) is 5.82 Å². The Hall–Kier alpha value is -2.35. The van der Waals surface area contributed by atoms with Crippen molar-refractivity contribution in [2.24, 2.45) is 0 Å². The number of fused-ring (bicyclic) bond motifs is 1. The van der Waals surface area contributed by atoms with Gasteiger partial charge < -0.3 is 5.11 Å². The van der Waals surface area contributed by atoms with Gasteiger partial charge in [-0.3, -0.25) is 0 Å². The Morgan fingerprint density at radius 3 is 2.28 bits per heavy atom. The summed E-state index contributed by atoms with van der Waals surface area (Å²) < 4.78 is 13.0. The Morgan fingerprint density at radius 2 is 1.50 bits per heavy atom. The fraction of sp³-hybridized carbons (Fsp3) is 0. The average molecular weight is 238 g/mol. The van der Waals surface area contributed by atoms with Crippen molar-refractivity contribution in [2.45, 2.75) is 0 Å². The van der Waals surface area contributed by atoms with Crippen molar-refractivity contribution in [1.29, 1.82) is 0 Å². The summed E-state index contributed by atoms with van der Waals surface area (Å²) >= 11 is 0. The summed E-state index contributed by atoms with van der Waals surface area (Å²) in [4.78, 5) is 0. The third-order valence-electron chi connectivity index (χ3n) is 3.04. The lowest BCUT2D eigenvalue weighted by atomic mass is 9.97. The quantitative estimate of drug-likeness (QED) is 0.668. The maximum absolute atomic E-state index is 13.0. The van der Waals surface area contributed by atoms with Crippen molar-refractivity contribution in [3.63, 3.8) is 0 Å². The number of hydrogen-bond acceptors (Lipinski definition) is 1. The Kier molecular flexibility index (Phi) is 2.49. The van der Waals surface area contributed by atoms with E-state index in [0.717, 1.165) is 21.9 Å². The van der Waals surface area contributed by atoms with E-state index in [1.807, 2.05) is 30.3 Å². The smallest absolute Gasteiger partial charge is 0.124 e. The topological polar surface area (TPSA) is 20.2 Å². The molecule has 2 heteroatoms. The first kappa shape index (κ1) is 10.8. The van der Waals surface area contributed by atoms with Gasteiger partial charge in [0.05, 0.1) is 0 Å². The van der Waals surface area contributed by atoms with Crippen LogP contribution in [-0.4, -0.2) is 5.11 Å². The van der Waals surface area contributed by atoms with Crippen molar-refractivity contribution in [2.75, 3.05) is 0 Å². The molecule has 1 N–H and O–H groups in total. The van der Waals surface area contributed by atoms with Crippen LogP contribution in [0.5, 0.6) is 5.75 Å². The molecule has 0 atom stereocenters. The van der Waals surface area contributed by atoms with Crippen LogP contribution in [0.2, 0.25) is 0 Å². The second-order valence-electron chi connectivity index (χ2n) is 4.19. The zero-order valence-electron chi connectivity index (χ0n) is 9.60. The van der Waals surface area contributed by atoms with Crippen LogP contribution in [0.15, 0.2) is 60.7 Å². The van der Waals surface area contributed by atoms with Gasteiger partial charge in [-0.2, -0.15) is 0 Å². The molecule has 0 heterocycles. The van der Waals surface area contributed by atoms with Crippen LogP contribution in [0.4, 0.5) is 4.39 Å². The third kappa shape index (κ3) is 1.72. The second kappa shape index (κ2) is 4.15. The molecule has 0 aromatic heterocycles. The molecule has 1 nitrogen and oxygen atoms in total. The molecule has 0 unspecified atom stereocenters. The highest BCUT2D eigenvalue weighted by Crippen LogP contribution is 2.36. The number of aromatic hydroxyl groups is 1. The van der Waals surface area contributed by atoms with Gasteiger partial charge in [0.2, 0.25) is 0 Å². The van der Waals surface area contributed by atoms with E-state index in [2.05, 4.69) is 0 Å². The lowest BCUT2D eigenvalue weighted by Gasteiger charge is -2.09. The lowest BCUT2D eigenvalue weighted by molar-refractivity contribution is 0.478. The Labute approximate surface area is 104 Å². The highest BCUT2D eigenvalue weighted by molar-refractivity contribution is 5.99. The maximum Gasteiger partial charge on any atom is 0.124 e. The first-order chi connectivity index (χ1) is 8.75. The maximum atomic E-state index is 13.0. The molecule has 0 amide bonds. The van der Waals surface area contributed by atoms with Crippen LogP contribution < -0.4 is 0 Å². The summed E-state index contributed by atoms with van der Waals surface area (Å²) in [5.41, 5.74) is 1.55. The lowest BCUT2D eigenvalue weighted by Crippen LogP contribution is -1.83. The van der Waals surface area contributed by atoms with E-state index in [4.69, 9.17) is 0 Å². The molecule has 0 spiro atoms. The molecule has 0 aliphatic rings. The highest BCUT2D eigenvalue weighted by Gasteiger charge is 2.08. The molecule has 3 aromatic rings. The number of phenolic OH excluding ortho intramolecular Hbond substituents is 1. The summed E-state index contributed by atoms with van der Waals surface area (Å²) in [6.45, 7) is 0. The number of phenols is 1. The normalized spacial score (nSPS) is 10.7. The molecule has 0 aliphatic carbocycles. The fourth-order valence-corrected chi connectivity index (χ4v) is 2.18. The summed E-state index contributed by atoms with van der Waals surface area (Å²) in [7, 11) is 0. The van der Waals surface area contributed by atoms with Crippen LogP contribution in [0.1, 0.15) is 0 Å². The molecule has 88 valence electrons. The Morgan fingerprint density at radius 1 is 0.778 bits per heavy atom. The Balaban J connectivity index is 2.33. The molecule has 3 rings (SSSR count). The Bertz CT molecular complexity index is 702. The van der Waals surface area contributed by atoms with Gasteiger partial charge in [0, 0.05) is 5.56 Å². The number of hydrogen-bond donors (Lipinski definition) is 1. The standard InChI is InChI=1S/C16H11FO/c17-13-8-5-12(6-9-13)16-14-4-2-1-3-11(14)7-10-15(16)18/h1-10,18H. The molecule has 0 bridgehead atoms. The largest absolute Gasteiger partial charge is 0.507 e. The van der Waals surface area contributed by atoms with Crippen molar-refractivity contribution >= 4 is 10.8 Å². The summed E-state index contributed by atoms with van der Waals surface area (Å²) in [6.07, 6.45) is 0. The molecule has 0 saturated heterocycles. The minimum absolute atomic E-state index is 0.209. The molecule has 18 heavy (non-hydrogen) atoms. The fourth-order valence-electron chi connectivity index (χ4n) is 2.18. The van der Waals surface area contributed by atoms with Gasteiger partial charge in [-0.05, 0) is 34.5 Å². The highest BCUT2D eigenvalue weighted by atomic mass is 19.1. The van der Waals surface area contributed by atoms with E-state index >= 15 is 0 Å². The predicted molar refractivity (Wildman–Crippen MR) is 71.0 cm³/mol. The van der Waals surface area contributed by atoms with Crippen molar-refractivity contribution < 1.29 is 9.50 Å². The number of halogens is 1. The predicted octanol–water partition coefficient (Wildman–Crippen LogP) is 4.35. The van der Waals surface area contributed by atoms with Gasteiger partial charge in [-0.25, -0.2) is 4.39 Å². The third-order valence-corrected chi connectivity index (χ3v) is 3.04. The molecule has 3 aromatic carbocycles. The van der Waals surface area contributed by atoms with E-state index in [0.29, 0.717) is 0 Å². The van der Waals surface area contributed by atoms with E-state index < -0.39 is 0 Å². The zero-order chi connectivity index (χ0) is 12.5. The summed E-state index contributed by atoms with van der Waals surface area (Å²) in [6, 6.07) is 17.5. The van der Waals surface area contributed by atoms with Crippen LogP contribution in [0.25, 0.3) is 21.9 Å². The first-order valence-electron chi connectivity index (χ1n) is 5.72. The summed E-state index contributed by atoms with van der Waals surface area (Å²) in [5.74, 6) is -0.0706. The van der Waals surface area contributed by atoms with Crippen LogP contribution >= 0.6 is 0 Å². The first-order valence-corrected chi connectivity index (χ1v) is 5.72. The van der Waals surface area contributed by atoms with E-state index in [1.165, 1.54) is 12.1 Å². The van der Waals surface area contributed by atoms with E-state index in [1.54, 1.807) is 18.2 Å². The van der Waals surface area contributed by atoms with Gasteiger partial charge in [-0.15, -0.1) is 0 Å².